The fourth-order valence-electron chi connectivity index (χ4n) is 3.40. The molecule has 0 radical (unpaired) electrons. The van der Waals surface area contributed by atoms with Crippen molar-refractivity contribution in [1.82, 2.24) is 0 Å². The van der Waals surface area contributed by atoms with E-state index in [0.29, 0.717) is 0 Å². The summed E-state index contributed by atoms with van der Waals surface area (Å²) in [4.78, 5) is 0. The monoisotopic (exact) mass is 524 g/mol. The average molecular weight is 523 g/mol. The van der Waals surface area contributed by atoms with E-state index in [1.165, 1.54) is 58.4 Å². The minimum absolute atomic E-state index is 0. The largest absolute Gasteiger partial charge is 4.00 e. The van der Waals surface area contributed by atoms with E-state index in [0.717, 1.165) is 0 Å². The van der Waals surface area contributed by atoms with Gasteiger partial charge in [-0.05, 0) is 0 Å². The quantitative estimate of drug-likeness (QED) is 0.189. The first-order valence-corrected chi connectivity index (χ1v) is 9.10. The van der Waals surface area contributed by atoms with Gasteiger partial charge in [-0.3, -0.25) is 0 Å². The van der Waals surface area contributed by atoms with Crippen LogP contribution in [0.1, 0.15) is 37.8 Å². The van der Waals surface area contributed by atoms with Gasteiger partial charge in [-0.15, -0.1) is 81.2 Å². The van der Waals surface area contributed by atoms with Gasteiger partial charge in [-0.25, -0.2) is 0 Å². The Hall–Kier alpha value is -1.47. The van der Waals surface area contributed by atoms with Crippen LogP contribution in [0.3, 0.4) is 0 Å². The van der Waals surface area contributed by atoms with Crippen molar-refractivity contribution in [3.63, 3.8) is 0 Å². The maximum absolute atomic E-state index is 2.24. The standard InChI is InChI=1S/2C12H13.2CH3.Hf/c2*1-2-5-10-8-9-11-6-3-4-7-12(10)11;;;/h2*3-4,6-9H,2,5H2,1H3;2*1H3;/q4*-1;+4. The number of aryl methyl sites for hydroxylation is 2. The zero-order chi connectivity index (χ0) is 16.8. The predicted octanol–water partition coefficient (Wildman–Crippen LogP) is 7.92. The van der Waals surface area contributed by atoms with E-state index in [1.54, 1.807) is 0 Å². The Morgan fingerprint density at radius 2 is 0.963 bits per heavy atom. The van der Waals surface area contributed by atoms with E-state index in [-0.39, 0.29) is 40.7 Å². The van der Waals surface area contributed by atoms with Crippen LogP contribution in [0.2, 0.25) is 0 Å². The van der Waals surface area contributed by atoms with Crippen molar-refractivity contribution < 1.29 is 25.8 Å². The van der Waals surface area contributed by atoms with Crippen molar-refractivity contribution in [2.45, 2.75) is 39.5 Å². The van der Waals surface area contributed by atoms with Gasteiger partial charge >= 0.3 is 25.8 Å². The Bertz CT molecular complexity index is 819. The number of fused-ring (bicyclic) bond motifs is 2. The maximum atomic E-state index is 2.24. The summed E-state index contributed by atoms with van der Waals surface area (Å²) < 4.78 is 0. The molecule has 0 heterocycles. The summed E-state index contributed by atoms with van der Waals surface area (Å²) in [6.45, 7) is 4.45. The third-order valence-electron chi connectivity index (χ3n) is 4.58. The summed E-state index contributed by atoms with van der Waals surface area (Å²) in [6.07, 6.45) is 4.86. The number of rotatable bonds is 4. The van der Waals surface area contributed by atoms with Crippen LogP contribution in [0.25, 0.3) is 21.5 Å². The van der Waals surface area contributed by atoms with Crippen LogP contribution >= 0.6 is 0 Å². The Morgan fingerprint density at radius 1 is 0.593 bits per heavy atom. The topological polar surface area (TPSA) is 0 Å². The molecule has 27 heavy (non-hydrogen) atoms. The molecule has 0 spiro atoms. The van der Waals surface area contributed by atoms with Gasteiger partial charge in [-0.1, -0.05) is 51.7 Å². The Morgan fingerprint density at radius 3 is 1.33 bits per heavy atom. The number of hydrogen-bond acceptors (Lipinski definition) is 0. The molecule has 0 amide bonds. The van der Waals surface area contributed by atoms with Gasteiger partial charge in [-0.2, -0.15) is 12.1 Å². The molecule has 0 N–H and O–H groups in total. The molecule has 0 aliphatic rings. The van der Waals surface area contributed by atoms with Crippen molar-refractivity contribution >= 4 is 21.5 Å². The molecule has 4 aromatic rings. The van der Waals surface area contributed by atoms with Crippen molar-refractivity contribution in [3.8, 4) is 0 Å². The second-order valence-electron chi connectivity index (χ2n) is 6.39. The fraction of sp³-hybridized carbons (Fsp3) is 0.231. The Kier molecular flexibility index (Phi) is 12.1. The molecule has 0 atom stereocenters. The molecule has 4 aromatic carbocycles. The van der Waals surface area contributed by atoms with Crippen LogP contribution < -0.4 is 0 Å². The number of benzene rings is 2. The van der Waals surface area contributed by atoms with Crippen LogP contribution in [0.4, 0.5) is 0 Å². The molecule has 0 bridgehead atoms. The summed E-state index contributed by atoms with van der Waals surface area (Å²) in [5.41, 5.74) is 2.99. The van der Waals surface area contributed by atoms with Gasteiger partial charge in [0.1, 0.15) is 0 Å². The molecule has 0 aliphatic carbocycles. The minimum Gasteiger partial charge on any atom is -0.358 e. The predicted molar refractivity (Wildman–Crippen MR) is 120 cm³/mol. The molecular weight excluding hydrogens is 491 g/mol. The first kappa shape index (κ1) is 25.5. The molecule has 0 saturated carbocycles. The van der Waals surface area contributed by atoms with Crippen LogP contribution in [-0.2, 0) is 38.7 Å². The molecular formula is C26H32Hf. The normalized spacial score (nSPS) is 9.56. The fourth-order valence-corrected chi connectivity index (χ4v) is 3.40. The SMILES string of the molecule is CCC[c-]1ccc2ccccc21.CCC[c-]1ccc2ccccc21.[CH3-].[CH3-].[Hf+4]. The van der Waals surface area contributed by atoms with Crippen LogP contribution in [0.5, 0.6) is 0 Å². The van der Waals surface area contributed by atoms with E-state index >= 15 is 0 Å². The molecule has 0 aliphatic heterocycles. The van der Waals surface area contributed by atoms with Gasteiger partial charge in [0.2, 0.25) is 0 Å². The Labute approximate surface area is 185 Å². The molecule has 4 rings (SSSR count). The minimum atomic E-state index is 0. The molecule has 0 nitrogen and oxygen atoms in total. The summed E-state index contributed by atoms with van der Waals surface area (Å²) in [5, 5.41) is 5.61. The van der Waals surface area contributed by atoms with E-state index in [2.05, 4.69) is 86.6 Å². The summed E-state index contributed by atoms with van der Waals surface area (Å²) >= 11 is 0. The van der Waals surface area contributed by atoms with Crippen molar-refractivity contribution in [1.29, 1.82) is 0 Å². The molecule has 140 valence electrons. The first-order chi connectivity index (χ1) is 11.8. The summed E-state index contributed by atoms with van der Waals surface area (Å²) in [5.74, 6) is 0. The van der Waals surface area contributed by atoms with Crippen molar-refractivity contribution in [3.05, 3.63) is 98.8 Å². The number of hydrogen-bond donors (Lipinski definition) is 0. The molecule has 0 unspecified atom stereocenters. The van der Waals surface area contributed by atoms with Crippen LogP contribution in [0, 0.1) is 14.9 Å². The Balaban J connectivity index is 0.000000451. The van der Waals surface area contributed by atoms with Crippen molar-refractivity contribution in [2.24, 2.45) is 0 Å². The van der Waals surface area contributed by atoms with Gasteiger partial charge in [0.15, 0.2) is 0 Å². The van der Waals surface area contributed by atoms with Crippen LogP contribution in [0.15, 0.2) is 72.8 Å². The zero-order valence-corrected chi connectivity index (χ0v) is 20.8. The average Bonchev–Trinajstić information content (AvgIpc) is 3.22. The van der Waals surface area contributed by atoms with Gasteiger partial charge in [0.25, 0.3) is 0 Å². The molecule has 1 heteroatoms. The van der Waals surface area contributed by atoms with E-state index in [9.17, 15) is 0 Å². The van der Waals surface area contributed by atoms with E-state index < -0.39 is 0 Å². The molecule has 0 saturated heterocycles. The second-order valence-corrected chi connectivity index (χ2v) is 6.39. The zero-order valence-electron chi connectivity index (χ0n) is 17.3. The summed E-state index contributed by atoms with van der Waals surface area (Å²) in [7, 11) is 0. The first-order valence-electron chi connectivity index (χ1n) is 9.10. The maximum Gasteiger partial charge on any atom is 4.00 e. The van der Waals surface area contributed by atoms with Gasteiger partial charge in [0.05, 0.1) is 0 Å². The second kappa shape index (κ2) is 12.8. The third kappa shape index (κ3) is 6.28. The third-order valence-corrected chi connectivity index (χ3v) is 4.58. The van der Waals surface area contributed by atoms with Crippen LogP contribution in [-0.4, -0.2) is 0 Å². The van der Waals surface area contributed by atoms with E-state index in [4.69, 9.17) is 0 Å². The van der Waals surface area contributed by atoms with Gasteiger partial charge in [0, 0.05) is 0 Å². The summed E-state index contributed by atoms with van der Waals surface area (Å²) in [6, 6.07) is 26.1. The molecule has 0 aromatic heterocycles. The smallest absolute Gasteiger partial charge is 0.358 e. The van der Waals surface area contributed by atoms with Gasteiger partial charge < -0.3 is 14.9 Å². The molecule has 0 fully saturated rings. The van der Waals surface area contributed by atoms with Crippen molar-refractivity contribution in [2.75, 3.05) is 0 Å². The van der Waals surface area contributed by atoms with E-state index in [1.807, 2.05) is 0 Å².